The maximum absolute atomic E-state index is 13.6. The molecule has 0 saturated carbocycles. The Hall–Kier alpha value is -2.89. The van der Waals surface area contributed by atoms with Gasteiger partial charge in [0.1, 0.15) is 11.9 Å². The number of amides is 4. The molecule has 3 rings (SSSR count). The van der Waals surface area contributed by atoms with Gasteiger partial charge in [0.25, 0.3) is 5.91 Å². The summed E-state index contributed by atoms with van der Waals surface area (Å²) in [5.41, 5.74) is 0.811. The van der Waals surface area contributed by atoms with Crippen LogP contribution in [-0.2, 0) is 9.53 Å². The second kappa shape index (κ2) is 13.8. The van der Waals surface area contributed by atoms with Crippen molar-refractivity contribution in [1.82, 2.24) is 20.0 Å². The molecule has 2 aliphatic rings. The zero-order valence-electron chi connectivity index (χ0n) is 23.2. The first-order chi connectivity index (χ1) is 18.1. The number of nitrogens with zero attached hydrogens (tertiary/aromatic N) is 3. The van der Waals surface area contributed by atoms with Crippen LogP contribution < -0.4 is 15.4 Å². The van der Waals surface area contributed by atoms with Crippen LogP contribution in [0.15, 0.2) is 18.2 Å². The molecule has 1 aromatic carbocycles. The number of aliphatic hydroxyl groups excluding tert-OH is 1. The Labute approximate surface area is 225 Å². The van der Waals surface area contributed by atoms with E-state index >= 15 is 0 Å². The van der Waals surface area contributed by atoms with E-state index in [1.807, 2.05) is 20.8 Å². The Morgan fingerprint density at radius 1 is 1.21 bits per heavy atom. The number of urea groups is 1. The Morgan fingerprint density at radius 2 is 1.92 bits per heavy atom. The average molecular weight is 534 g/mol. The molecule has 2 heterocycles. The highest BCUT2D eigenvalue weighted by Crippen LogP contribution is 2.30. The van der Waals surface area contributed by atoms with E-state index in [9.17, 15) is 19.5 Å². The fourth-order valence-electron chi connectivity index (χ4n) is 4.54. The number of aliphatic hydroxyl groups is 1. The van der Waals surface area contributed by atoms with Crippen molar-refractivity contribution in [2.24, 2.45) is 5.92 Å². The van der Waals surface area contributed by atoms with Crippen LogP contribution in [0.4, 0.5) is 10.5 Å². The van der Waals surface area contributed by atoms with Crippen LogP contribution in [0.3, 0.4) is 0 Å². The number of rotatable bonds is 9. The van der Waals surface area contributed by atoms with E-state index in [1.54, 1.807) is 42.0 Å². The summed E-state index contributed by atoms with van der Waals surface area (Å²) in [6, 6.07) is 4.42. The molecular weight excluding hydrogens is 490 g/mol. The molecule has 38 heavy (non-hydrogen) atoms. The van der Waals surface area contributed by atoms with Gasteiger partial charge in [-0.05, 0) is 39.0 Å². The highest BCUT2D eigenvalue weighted by molar-refractivity contribution is 6.00. The number of anilines is 1. The smallest absolute Gasteiger partial charge is 0.317 e. The summed E-state index contributed by atoms with van der Waals surface area (Å²) in [6.07, 6.45) is -0.0633. The van der Waals surface area contributed by atoms with Gasteiger partial charge in [-0.3, -0.25) is 14.5 Å². The fraction of sp³-hybridized carbons (Fsp3) is 0.667. The SMILES string of the molecule is CC(C)NC(=O)N(C)C[C@H]1Oc2ccc(NC(=O)CCN3CCOCC3)cc2C(=O)N([C@H](C)CO)C[C@@H]1C. The normalized spacial score (nSPS) is 21.1. The Kier molecular flexibility index (Phi) is 10.7. The van der Waals surface area contributed by atoms with Crippen molar-refractivity contribution in [3.8, 4) is 5.75 Å². The summed E-state index contributed by atoms with van der Waals surface area (Å²) in [6.45, 7) is 11.6. The van der Waals surface area contributed by atoms with Gasteiger partial charge < -0.3 is 35.0 Å². The first-order valence-corrected chi connectivity index (χ1v) is 13.4. The number of likely N-dealkylation sites (N-methyl/N-ethyl adjacent to an activating group) is 1. The molecular formula is C27H43N5O6. The van der Waals surface area contributed by atoms with E-state index < -0.39 is 12.1 Å². The summed E-state index contributed by atoms with van der Waals surface area (Å²) < 4.78 is 11.7. The predicted molar refractivity (Wildman–Crippen MR) is 144 cm³/mol. The van der Waals surface area contributed by atoms with E-state index in [0.717, 1.165) is 13.1 Å². The van der Waals surface area contributed by atoms with Crippen molar-refractivity contribution in [1.29, 1.82) is 0 Å². The molecule has 1 fully saturated rings. The lowest BCUT2D eigenvalue weighted by Gasteiger charge is -2.38. The van der Waals surface area contributed by atoms with Gasteiger partial charge in [0.2, 0.25) is 5.91 Å². The number of morpholine rings is 1. The number of hydrogen-bond donors (Lipinski definition) is 3. The zero-order valence-corrected chi connectivity index (χ0v) is 23.2. The number of carbonyl (C=O) groups excluding carboxylic acids is 3. The Balaban J connectivity index is 1.79. The number of hydrogen-bond acceptors (Lipinski definition) is 7. The maximum atomic E-state index is 13.6. The first kappa shape index (κ1) is 29.7. The predicted octanol–water partition coefficient (Wildman–Crippen LogP) is 1.62. The molecule has 1 aromatic rings. The summed E-state index contributed by atoms with van der Waals surface area (Å²) in [4.78, 5) is 44.1. The van der Waals surface area contributed by atoms with Crippen LogP contribution in [0.1, 0.15) is 44.5 Å². The van der Waals surface area contributed by atoms with Crippen LogP contribution in [0.2, 0.25) is 0 Å². The van der Waals surface area contributed by atoms with Crippen molar-refractivity contribution in [2.75, 3.05) is 64.9 Å². The fourth-order valence-corrected chi connectivity index (χ4v) is 4.54. The van der Waals surface area contributed by atoms with Gasteiger partial charge in [-0.25, -0.2) is 4.79 Å². The summed E-state index contributed by atoms with van der Waals surface area (Å²) in [5, 5.41) is 15.6. The Morgan fingerprint density at radius 3 is 2.58 bits per heavy atom. The van der Waals surface area contributed by atoms with Gasteiger partial charge in [-0.2, -0.15) is 0 Å². The molecule has 2 aliphatic heterocycles. The number of ether oxygens (including phenoxy) is 2. The standard InChI is InChI=1S/C27H43N5O6/c1-18(2)28-27(36)30(5)16-24-19(3)15-32(20(4)17-33)26(35)22-14-21(6-7-23(22)38-24)29-25(34)8-9-31-10-12-37-13-11-31/h6-7,14,18-20,24,33H,8-13,15-17H2,1-5H3,(H,28,36)(H,29,34)/t19-,20+,24+/m0/s1. The van der Waals surface area contributed by atoms with Crippen molar-refractivity contribution in [3.63, 3.8) is 0 Å². The summed E-state index contributed by atoms with van der Waals surface area (Å²) >= 11 is 0. The monoisotopic (exact) mass is 533 g/mol. The van der Waals surface area contributed by atoms with Gasteiger partial charge in [0.15, 0.2) is 0 Å². The zero-order chi connectivity index (χ0) is 27.8. The van der Waals surface area contributed by atoms with Crippen molar-refractivity contribution in [2.45, 2.75) is 52.3 Å². The minimum atomic E-state index is -0.412. The molecule has 1 saturated heterocycles. The molecule has 3 atom stereocenters. The van der Waals surface area contributed by atoms with E-state index in [-0.39, 0.29) is 36.4 Å². The second-order valence-electron chi connectivity index (χ2n) is 10.6. The molecule has 0 aromatic heterocycles. The molecule has 0 aliphatic carbocycles. The lowest BCUT2D eigenvalue weighted by Crippen LogP contribution is -2.51. The molecule has 11 heteroatoms. The molecule has 0 unspecified atom stereocenters. The van der Waals surface area contributed by atoms with Crippen LogP contribution in [-0.4, -0.2) is 115 Å². The Bertz CT molecular complexity index is 967. The van der Waals surface area contributed by atoms with Crippen LogP contribution in [0, 0.1) is 5.92 Å². The molecule has 0 bridgehead atoms. The minimum absolute atomic E-state index is 0.00219. The van der Waals surface area contributed by atoms with E-state index in [4.69, 9.17) is 9.47 Å². The lowest BCUT2D eigenvalue weighted by atomic mass is 9.99. The van der Waals surface area contributed by atoms with Crippen LogP contribution >= 0.6 is 0 Å². The van der Waals surface area contributed by atoms with E-state index in [1.165, 1.54) is 0 Å². The summed E-state index contributed by atoms with van der Waals surface area (Å²) in [7, 11) is 1.71. The van der Waals surface area contributed by atoms with Crippen LogP contribution in [0.5, 0.6) is 5.75 Å². The third-order valence-electron chi connectivity index (χ3n) is 6.92. The first-order valence-electron chi connectivity index (χ1n) is 13.4. The molecule has 11 nitrogen and oxygen atoms in total. The topological polar surface area (TPSA) is 124 Å². The van der Waals surface area contributed by atoms with Gasteiger partial charge in [0.05, 0.1) is 38.0 Å². The van der Waals surface area contributed by atoms with Gasteiger partial charge in [-0.1, -0.05) is 6.92 Å². The third kappa shape index (κ3) is 8.05. The number of fused-ring (bicyclic) bond motifs is 1. The number of benzene rings is 1. The molecule has 212 valence electrons. The number of nitrogens with one attached hydrogen (secondary N) is 2. The molecule has 0 spiro atoms. The quantitative estimate of drug-likeness (QED) is 0.441. The van der Waals surface area contributed by atoms with E-state index in [2.05, 4.69) is 15.5 Å². The number of carbonyl (C=O) groups is 3. The average Bonchev–Trinajstić information content (AvgIpc) is 2.89. The van der Waals surface area contributed by atoms with Crippen LogP contribution in [0.25, 0.3) is 0 Å². The second-order valence-corrected chi connectivity index (χ2v) is 10.6. The molecule has 0 radical (unpaired) electrons. The van der Waals surface area contributed by atoms with E-state index in [0.29, 0.717) is 56.3 Å². The maximum Gasteiger partial charge on any atom is 0.317 e. The van der Waals surface area contributed by atoms with Gasteiger partial charge in [0, 0.05) is 57.3 Å². The third-order valence-corrected chi connectivity index (χ3v) is 6.92. The van der Waals surface area contributed by atoms with Gasteiger partial charge >= 0.3 is 6.03 Å². The minimum Gasteiger partial charge on any atom is -0.487 e. The van der Waals surface area contributed by atoms with Gasteiger partial charge in [-0.15, -0.1) is 0 Å². The molecule has 4 amide bonds. The van der Waals surface area contributed by atoms with Crippen molar-refractivity contribution >= 4 is 23.5 Å². The molecule has 3 N–H and O–H groups in total. The highest BCUT2D eigenvalue weighted by atomic mass is 16.5. The summed E-state index contributed by atoms with van der Waals surface area (Å²) in [5.74, 6) is -0.150. The van der Waals surface area contributed by atoms with Crippen molar-refractivity contribution < 1.29 is 29.0 Å². The van der Waals surface area contributed by atoms with Crippen molar-refractivity contribution in [3.05, 3.63) is 23.8 Å². The highest BCUT2D eigenvalue weighted by Gasteiger charge is 2.34. The lowest BCUT2D eigenvalue weighted by molar-refractivity contribution is -0.116. The largest absolute Gasteiger partial charge is 0.487 e.